The zero-order valence-electron chi connectivity index (χ0n) is 23.9. The highest BCUT2D eigenvalue weighted by molar-refractivity contribution is 7.99. The number of amides is 2. The summed E-state index contributed by atoms with van der Waals surface area (Å²) in [6.45, 7) is 9.59. The van der Waals surface area contributed by atoms with Crippen molar-refractivity contribution < 1.29 is 14.7 Å². The van der Waals surface area contributed by atoms with Crippen LogP contribution in [-0.2, 0) is 4.79 Å². The predicted molar refractivity (Wildman–Crippen MR) is 159 cm³/mol. The Bertz CT molecular complexity index is 1120. The minimum absolute atomic E-state index is 0.0835. The molecule has 3 N–H and O–H groups in total. The molecule has 6 nitrogen and oxygen atoms in total. The number of carbonyl (C=O) groups is 2. The average Bonchev–Trinajstić information content (AvgIpc) is 2.90. The molecule has 0 radical (unpaired) electrons. The van der Waals surface area contributed by atoms with E-state index in [2.05, 4.69) is 27.7 Å². The van der Waals surface area contributed by atoms with Crippen LogP contribution in [0.5, 0.6) is 5.75 Å². The van der Waals surface area contributed by atoms with Crippen LogP contribution >= 0.6 is 11.8 Å². The molecule has 2 aromatic rings. The largest absolute Gasteiger partial charge is 0.508 e. The maximum Gasteiger partial charge on any atom is 0.251 e. The normalized spacial score (nSPS) is 22.5. The first kappa shape index (κ1) is 29.5. The van der Waals surface area contributed by atoms with Crippen molar-refractivity contribution in [2.24, 2.45) is 11.8 Å². The Morgan fingerprint density at radius 1 is 1.05 bits per heavy atom. The third-order valence-electron chi connectivity index (χ3n) is 8.15. The molecule has 2 aromatic carbocycles. The highest BCUT2D eigenvalue weighted by Gasteiger charge is 2.40. The third kappa shape index (κ3) is 8.24. The molecule has 2 fully saturated rings. The number of likely N-dealkylation sites (tertiary alicyclic amines) is 1. The van der Waals surface area contributed by atoms with Gasteiger partial charge in [0.15, 0.2) is 0 Å². The Hall–Kier alpha value is -2.51. The first-order valence-corrected chi connectivity index (χ1v) is 15.4. The summed E-state index contributed by atoms with van der Waals surface area (Å²) >= 11 is 1.73. The molecule has 2 amide bonds. The van der Waals surface area contributed by atoms with Crippen LogP contribution in [-0.4, -0.2) is 58.3 Å². The molecule has 0 bridgehead atoms. The van der Waals surface area contributed by atoms with Gasteiger partial charge >= 0.3 is 0 Å². The number of benzene rings is 2. The van der Waals surface area contributed by atoms with Gasteiger partial charge in [-0.15, -0.1) is 11.8 Å². The molecule has 0 aromatic heterocycles. The average molecular weight is 552 g/mol. The SMILES string of the molecule is Cc1c(O)cccc1C(=O)NC(CCN1C[C@H]2CCCC[C@H]2CC1C(=O)NC(C)(C)C)CSc1ccccc1. The molecule has 7 heteroatoms. The zero-order chi connectivity index (χ0) is 28.0. The molecule has 4 atom stereocenters. The lowest BCUT2D eigenvalue weighted by molar-refractivity contribution is -0.131. The summed E-state index contributed by atoms with van der Waals surface area (Å²) in [7, 11) is 0. The van der Waals surface area contributed by atoms with Gasteiger partial charge in [-0.1, -0.05) is 43.5 Å². The second kappa shape index (κ2) is 13.2. The monoisotopic (exact) mass is 551 g/mol. The Morgan fingerprint density at radius 2 is 1.77 bits per heavy atom. The Labute approximate surface area is 238 Å². The van der Waals surface area contributed by atoms with Gasteiger partial charge in [0.05, 0.1) is 6.04 Å². The van der Waals surface area contributed by atoms with Gasteiger partial charge in [0.2, 0.25) is 5.91 Å². The fourth-order valence-electron chi connectivity index (χ4n) is 6.04. The number of nitrogens with zero attached hydrogens (tertiary/aromatic N) is 1. The van der Waals surface area contributed by atoms with Gasteiger partial charge in [-0.2, -0.15) is 0 Å². The summed E-state index contributed by atoms with van der Waals surface area (Å²) in [4.78, 5) is 30.3. The third-order valence-corrected chi connectivity index (χ3v) is 9.32. The van der Waals surface area contributed by atoms with Crippen LogP contribution in [0.25, 0.3) is 0 Å². The Morgan fingerprint density at radius 3 is 2.49 bits per heavy atom. The molecule has 39 heavy (non-hydrogen) atoms. The van der Waals surface area contributed by atoms with Crippen molar-refractivity contribution in [2.45, 2.75) is 88.7 Å². The van der Waals surface area contributed by atoms with Crippen LogP contribution in [0, 0.1) is 18.8 Å². The van der Waals surface area contributed by atoms with E-state index in [9.17, 15) is 14.7 Å². The fraction of sp³-hybridized carbons (Fsp3) is 0.562. The molecule has 1 aliphatic carbocycles. The minimum atomic E-state index is -0.270. The maximum absolute atomic E-state index is 13.4. The molecular formula is C32H45N3O3S. The van der Waals surface area contributed by atoms with Gasteiger partial charge in [0, 0.05) is 46.4 Å². The first-order valence-electron chi connectivity index (χ1n) is 14.4. The van der Waals surface area contributed by atoms with E-state index in [1.807, 2.05) is 39.0 Å². The van der Waals surface area contributed by atoms with Crippen molar-refractivity contribution >= 4 is 23.6 Å². The number of phenolic OH excluding ortho intramolecular Hbond substituents is 1. The molecule has 1 heterocycles. The van der Waals surface area contributed by atoms with Crippen LogP contribution in [0.1, 0.15) is 75.2 Å². The van der Waals surface area contributed by atoms with Crippen molar-refractivity contribution in [1.82, 2.24) is 15.5 Å². The van der Waals surface area contributed by atoms with Crippen molar-refractivity contribution in [3.8, 4) is 5.75 Å². The van der Waals surface area contributed by atoms with Crippen molar-refractivity contribution in [3.63, 3.8) is 0 Å². The topological polar surface area (TPSA) is 81.7 Å². The van der Waals surface area contributed by atoms with Crippen molar-refractivity contribution in [2.75, 3.05) is 18.8 Å². The zero-order valence-corrected chi connectivity index (χ0v) is 24.7. The van der Waals surface area contributed by atoms with Gasteiger partial charge in [0.25, 0.3) is 5.91 Å². The number of carbonyl (C=O) groups excluding carboxylic acids is 2. The second-order valence-electron chi connectivity index (χ2n) is 12.3. The number of phenols is 1. The van der Waals surface area contributed by atoms with Crippen LogP contribution in [0.4, 0.5) is 0 Å². The number of hydrogen-bond acceptors (Lipinski definition) is 5. The molecule has 2 aliphatic rings. The van der Waals surface area contributed by atoms with E-state index in [0.29, 0.717) is 23.0 Å². The number of rotatable bonds is 9. The number of fused-ring (bicyclic) bond motifs is 1. The Balaban J connectivity index is 1.49. The molecule has 0 spiro atoms. The standard InChI is InChI=1S/C32H45N3O3S/c1-22-27(15-10-16-29(22)36)30(37)33-25(21-39-26-13-6-5-7-14-26)17-18-35-20-24-12-9-8-11-23(24)19-28(35)31(38)34-32(2,3)4/h5-7,10,13-16,23-25,28,36H,8-9,11-12,17-21H2,1-4H3,(H,33,37)(H,34,38)/t23-,24+,25?,28?/m0/s1. The van der Waals surface area contributed by atoms with Gasteiger partial charge in [-0.3, -0.25) is 14.5 Å². The second-order valence-corrected chi connectivity index (χ2v) is 13.4. The lowest BCUT2D eigenvalue weighted by Gasteiger charge is -2.46. The van der Waals surface area contributed by atoms with E-state index in [4.69, 9.17) is 0 Å². The number of hydrogen-bond donors (Lipinski definition) is 3. The van der Waals surface area contributed by atoms with Crippen molar-refractivity contribution in [1.29, 1.82) is 0 Å². The summed E-state index contributed by atoms with van der Waals surface area (Å²) in [5.41, 5.74) is 0.812. The van der Waals surface area contributed by atoms with E-state index in [0.717, 1.165) is 36.6 Å². The number of thioether (sulfide) groups is 1. The fourth-order valence-corrected chi connectivity index (χ4v) is 7.03. The predicted octanol–water partition coefficient (Wildman–Crippen LogP) is 5.78. The first-order chi connectivity index (χ1) is 18.6. The minimum Gasteiger partial charge on any atom is -0.508 e. The smallest absolute Gasteiger partial charge is 0.251 e. The summed E-state index contributed by atoms with van der Waals surface area (Å²) in [5, 5.41) is 16.6. The maximum atomic E-state index is 13.4. The number of aromatic hydroxyl groups is 1. The van der Waals surface area contributed by atoms with Gasteiger partial charge in [-0.05, 0) is 83.1 Å². The van der Waals surface area contributed by atoms with Crippen LogP contribution < -0.4 is 10.6 Å². The molecule has 1 aliphatic heterocycles. The van der Waals surface area contributed by atoms with Gasteiger partial charge in [0.1, 0.15) is 5.75 Å². The van der Waals surface area contributed by atoms with Crippen molar-refractivity contribution in [3.05, 3.63) is 59.7 Å². The number of nitrogens with one attached hydrogen (secondary N) is 2. The molecule has 4 rings (SSSR count). The van der Waals surface area contributed by atoms with E-state index in [1.165, 1.54) is 25.7 Å². The van der Waals surface area contributed by atoms with Gasteiger partial charge < -0.3 is 15.7 Å². The number of piperidine rings is 1. The van der Waals surface area contributed by atoms with E-state index in [-0.39, 0.29) is 35.2 Å². The summed E-state index contributed by atoms with van der Waals surface area (Å²) < 4.78 is 0. The molecular weight excluding hydrogens is 506 g/mol. The quantitative estimate of drug-likeness (QED) is 0.345. The van der Waals surface area contributed by atoms with Crippen LogP contribution in [0.2, 0.25) is 0 Å². The highest BCUT2D eigenvalue weighted by Crippen LogP contribution is 2.39. The highest BCUT2D eigenvalue weighted by atomic mass is 32.2. The summed E-state index contributed by atoms with van der Waals surface area (Å²) in [6.07, 6.45) is 6.70. The van der Waals surface area contributed by atoms with Crippen LogP contribution in [0.15, 0.2) is 53.4 Å². The molecule has 1 saturated carbocycles. The van der Waals surface area contributed by atoms with E-state index < -0.39 is 0 Å². The molecule has 212 valence electrons. The lowest BCUT2D eigenvalue weighted by Crippen LogP contribution is -2.58. The Kier molecular flexibility index (Phi) is 10.00. The van der Waals surface area contributed by atoms with E-state index in [1.54, 1.807) is 36.9 Å². The summed E-state index contributed by atoms with van der Waals surface area (Å²) in [6, 6.07) is 15.1. The molecule has 2 unspecified atom stereocenters. The summed E-state index contributed by atoms with van der Waals surface area (Å²) in [5.74, 6) is 2.09. The van der Waals surface area contributed by atoms with Gasteiger partial charge in [-0.25, -0.2) is 0 Å². The van der Waals surface area contributed by atoms with Crippen LogP contribution in [0.3, 0.4) is 0 Å². The molecule has 1 saturated heterocycles. The lowest BCUT2D eigenvalue weighted by atomic mass is 9.72. The van der Waals surface area contributed by atoms with E-state index >= 15 is 0 Å².